The molecule has 118 valence electrons. The maximum Gasteiger partial charge on any atom is 0.351 e. The maximum atomic E-state index is 12.0. The van der Waals surface area contributed by atoms with Gasteiger partial charge in [0.05, 0.1) is 0 Å². The first-order valence-electron chi connectivity index (χ1n) is 6.80. The Balaban J connectivity index is 2.19. The summed E-state index contributed by atoms with van der Waals surface area (Å²) in [5.74, 6) is -1.01. The lowest BCUT2D eigenvalue weighted by Gasteiger charge is -2.02. The van der Waals surface area contributed by atoms with Crippen LogP contribution in [0.15, 0.2) is 45.6 Å². The van der Waals surface area contributed by atoms with Crippen molar-refractivity contribution in [3.05, 3.63) is 63.7 Å². The molecule has 0 aliphatic rings. The van der Waals surface area contributed by atoms with Crippen molar-refractivity contribution in [2.75, 3.05) is 5.32 Å². The third kappa shape index (κ3) is 4.16. The van der Waals surface area contributed by atoms with Gasteiger partial charge in [0.15, 0.2) is 5.78 Å². The third-order valence-electron chi connectivity index (χ3n) is 2.96. The fourth-order valence-corrected chi connectivity index (χ4v) is 1.96. The average Bonchev–Trinajstić information content (AvgIpc) is 2.45. The number of rotatable bonds is 4. The van der Waals surface area contributed by atoms with Crippen LogP contribution < -0.4 is 10.9 Å². The lowest BCUT2D eigenvalue weighted by atomic mass is 10.1. The minimum Gasteiger partial charge on any atom is -0.507 e. The van der Waals surface area contributed by atoms with Gasteiger partial charge in [-0.2, -0.15) is 0 Å². The van der Waals surface area contributed by atoms with Crippen molar-refractivity contribution >= 4 is 23.5 Å². The van der Waals surface area contributed by atoms with Crippen LogP contribution in [-0.2, 0) is 4.79 Å². The van der Waals surface area contributed by atoms with E-state index in [0.29, 0.717) is 11.3 Å². The van der Waals surface area contributed by atoms with E-state index in [-0.39, 0.29) is 11.7 Å². The van der Waals surface area contributed by atoms with Crippen molar-refractivity contribution in [2.24, 2.45) is 0 Å². The summed E-state index contributed by atoms with van der Waals surface area (Å²) in [7, 11) is 0. The molecular formula is C17H15NO5. The summed E-state index contributed by atoms with van der Waals surface area (Å²) < 4.78 is 4.80. The molecule has 1 aromatic carbocycles. The van der Waals surface area contributed by atoms with Crippen LogP contribution in [0.1, 0.15) is 28.6 Å². The Kier molecular flexibility index (Phi) is 4.75. The number of ketones is 1. The molecule has 2 N–H and O–H groups in total. The number of nitrogens with one attached hydrogen (secondary N) is 1. The Morgan fingerprint density at radius 1 is 1.22 bits per heavy atom. The van der Waals surface area contributed by atoms with Crippen molar-refractivity contribution < 1.29 is 19.1 Å². The molecule has 0 bridgehead atoms. The standard InChI is InChI=1S/C17H15NO5/c1-10-9-15(21)16(17(22)23-10)14(20)8-5-12-3-6-13(7-4-12)18-11(2)19/h3-9,21H,1-2H3,(H,18,19)/b8-5+. The molecule has 0 aliphatic carbocycles. The van der Waals surface area contributed by atoms with E-state index in [1.54, 1.807) is 24.3 Å². The van der Waals surface area contributed by atoms with E-state index >= 15 is 0 Å². The number of aryl methyl sites for hydroxylation is 1. The maximum absolute atomic E-state index is 12.0. The topological polar surface area (TPSA) is 96.6 Å². The summed E-state index contributed by atoms with van der Waals surface area (Å²) in [5, 5.41) is 12.3. The molecule has 1 heterocycles. The SMILES string of the molecule is CC(=O)Nc1ccc(/C=C/C(=O)c2c(O)cc(C)oc2=O)cc1. The molecule has 23 heavy (non-hydrogen) atoms. The number of carbonyl (C=O) groups is 2. The number of benzene rings is 1. The molecular weight excluding hydrogens is 298 g/mol. The smallest absolute Gasteiger partial charge is 0.351 e. The van der Waals surface area contributed by atoms with E-state index in [4.69, 9.17) is 4.42 Å². The molecule has 0 unspecified atom stereocenters. The first kappa shape index (κ1) is 16.2. The Morgan fingerprint density at radius 3 is 2.43 bits per heavy atom. The van der Waals surface area contributed by atoms with E-state index < -0.39 is 22.7 Å². The highest BCUT2D eigenvalue weighted by atomic mass is 16.4. The van der Waals surface area contributed by atoms with Crippen LogP contribution in [0.3, 0.4) is 0 Å². The zero-order chi connectivity index (χ0) is 17.0. The van der Waals surface area contributed by atoms with Crippen LogP contribution in [0.5, 0.6) is 5.75 Å². The summed E-state index contributed by atoms with van der Waals surface area (Å²) in [6.45, 7) is 2.91. The number of hydrogen-bond acceptors (Lipinski definition) is 5. The highest BCUT2D eigenvalue weighted by Crippen LogP contribution is 2.16. The second-order valence-electron chi connectivity index (χ2n) is 4.91. The van der Waals surface area contributed by atoms with E-state index in [0.717, 1.165) is 0 Å². The minimum atomic E-state index is -0.877. The number of aromatic hydroxyl groups is 1. The Labute approximate surface area is 132 Å². The molecule has 0 saturated carbocycles. The molecule has 0 spiro atoms. The van der Waals surface area contributed by atoms with Crippen molar-refractivity contribution in [3.63, 3.8) is 0 Å². The molecule has 0 radical (unpaired) electrons. The molecule has 0 atom stereocenters. The lowest BCUT2D eigenvalue weighted by Crippen LogP contribution is -2.12. The Morgan fingerprint density at radius 2 is 1.87 bits per heavy atom. The van der Waals surface area contributed by atoms with E-state index in [1.807, 2.05) is 0 Å². The number of carbonyl (C=O) groups excluding carboxylic acids is 2. The van der Waals surface area contributed by atoms with Crippen LogP contribution in [0.4, 0.5) is 5.69 Å². The Hall–Kier alpha value is -3.15. The number of allylic oxidation sites excluding steroid dienone is 1. The summed E-state index contributed by atoms with van der Waals surface area (Å²) >= 11 is 0. The molecule has 1 amide bonds. The van der Waals surface area contributed by atoms with Gasteiger partial charge in [-0.1, -0.05) is 18.2 Å². The van der Waals surface area contributed by atoms with Crippen molar-refractivity contribution in [1.29, 1.82) is 0 Å². The van der Waals surface area contributed by atoms with Gasteiger partial charge in [0.1, 0.15) is 17.1 Å². The van der Waals surface area contributed by atoms with Gasteiger partial charge < -0.3 is 14.8 Å². The quantitative estimate of drug-likeness (QED) is 0.668. The fourth-order valence-electron chi connectivity index (χ4n) is 1.96. The normalized spacial score (nSPS) is 10.7. The zero-order valence-electron chi connectivity index (χ0n) is 12.6. The van der Waals surface area contributed by atoms with Gasteiger partial charge in [0.25, 0.3) is 0 Å². The average molecular weight is 313 g/mol. The van der Waals surface area contributed by atoms with Crippen LogP contribution >= 0.6 is 0 Å². The van der Waals surface area contributed by atoms with E-state index in [9.17, 15) is 19.5 Å². The predicted molar refractivity (Wildman–Crippen MR) is 85.5 cm³/mol. The van der Waals surface area contributed by atoms with Crippen LogP contribution in [0, 0.1) is 6.92 Å². The number of anilines is 1. The second kappa shape index (κ2) is 6.74. The lowest BCUT2D eigenvalue weighted by molar-refractivity contribution is -0.114. The van der Waals surface area contributed by atoms with Crippen LogP contribution in [0.2, 0.25) is 0 Å². The monoisotopic (exact) mass is 313 g/mol. The van der Waals surface area contributed by atoms with Gasteiger partial charge >= 0.3 is 5.63 Å². The second-order valence-corrected chi connectivity index (χ2v) is 4.91. The summed E-state index contributed by atoms with van der Waals surface area (Å²) in [6, 6.07) is 7.98. The molecule has 0 fully saturated rings. The largest absolute Gasteiger partial charge is 0.507 e. The van der Waals surface area contributed by atoms with Gasteiger partial charge in [0, 0.05) is 18.7 Å². The number of hydrogen-bond donors (Lipinski definition) is 2. The molecule has 1 aromatic heterocycles. The molecule has 2 rings (SSSR count). The third-order valence-corrected chi connectivity index (χ3v) is 2.96. The van der Waals surface area contributed by atoms with Gasteiger partial charge in [-0.15, -0.1) is 0 Å². The zero-order valence-corrected chi connectivity index (χ0v) is 12.6. The van der Waals surface area contributed by atoms with Gasteiger partial charge in [0.2, 0.25) is 5.91 Å². The minimum absolute atomic E-state index is 0.176. The van der Waals surface area contributed by atoms with Gasteiger partial charge in [-0.25, -0.2) is 4.79 Å². The van der Waals surface area contributed by atoms with Crippen LogP contribution in [-0.4, -0.2) is 16.8 Å². The predicted octanol–water partition coefficient (Wildman–Crippen LogP) is 2.51. The summed E-state index contributed by atoms with van der Waals surface area (Å²) in [4.78, 5) is 34.6. The highest BCUT2D eigenvalue weighted by molar-refractivity contribution is 6.08. The molecule has 0 aliphatic heterocycles. The highest BCUT2D eigenvalue weighted by Gasteiger charge is 2.15. The summed E-state index contributed by atoms with van der Waals surface area (Å²) in [6.07, 6.45) is 2.67. The molecule has 0 saturated heterocycles. The summed E-state index contributed by atoms with van der Waals surface area (Å²) in [5.41, 5.74) is 0.0566. The first-order chi connectivity index (χ1) is 10.9. The molecule has 6 heteroatoms. The molecule has 6 nitrogen and oxygen atoms in total. The van der Waals surface area contributed by atoms with Crippen molar-refractivity contribution in [3.8, 4) is 5.75 Å². The fraction of sp³-hybridized carbons (Fsp3) is 0.118. The first-order valence-corrected chi connectivity index (χ1v) is 6.80. The van der Waals surface area contributed by atoms with E-state index in [2.05, 4.69) is 5.32 Å². The van der Waals surface area contributed by atoms with Gasteiger partial charge in [-0.3, -0.25) is 9.59 Å². The van der Waals surface area contributed by atoms with Crippen LogP contribution in [0.25, 0.3) is 6.08 Å². The Bertz CT molecular complexity index is 831. The molecule has 2 aromatic rings. The van der Waals surface area contributed by atoms with Crippen molar-refractivity contribution in [2.45, 2.75) is 13.8 Å². The van der Waals surface area contributed by atoms with E-state index in [1.165, 1.54) is 32.1 Å². The number of amides is 1. The van der Waals surface area contributed by atoms with Gasteiger partial charge in [-0.05, 0) is 30.7 Å². The van der Waals surface area contributed by atoms with Crippen molar-refractivity contribution in [1.82, 2.24) is 0 Å².